The highest BCUT2D eigenvalue weighted by molar-refractivity contribution is 6.08. The van der Waals surface area contributed by atoms with Gasteiger partial charge in [0.2, 0.25) is 18.2 Å². The predicted molar refractivity (Wildman–Crippen MR) is 242 cm³/mol. The zero-order valence-electron chi connectivity index (χ0n) is 36.8. The summed E-state index contributed by atoms with van der Waals surface area (Å²) in [7, 11) is 1.85. The summed E-state index contributed by atoms with van der Waals surface area (Å²) in [5, 5.41) is 24.9. The molecule has 17 nitrogen and oxygen atoms in total. The van der Waals surface area contributed by atoms with Crippen LogP contribution in [-0.2, 0) is 27.3 Å². The van der Waals surface area contributed by atoms with Gasteiger partial charge in [-0.25, -0.2) is 18.3 Å². The summed E-state index contributed by atoms with van der Waals surface area (Å²) in [5.41, 5.74) is 5.40. The highest BCUT2D eigenvalue weighted by Crippen LogP contribution is 2.44. The topological polar surface area (TPSA) is 169 Å². The van der Waals surface area contributed by atoms with E-state index in [0.717, 1.165) is 101 Å². The second-order valence-electron chi connectivity index (χ2n) is 18.7. The number of nitrogens with one attached hydrogen (secondary N) is 2. The van der Waals surface area contributed by atoms with Crippen molar-refractivity contribution >= 4 is 51.9 Å². The molecule has 66 heavy (non-hydrogen) atoms. The van der Waals surface area contributed by atoms with E-state index in [9.17, 15) is 28.3 Å². The van der Waals surface area contributed by atoms with E-state index in [2.05, 4.69) is 65.9 Å². The SMILES string of the molecule is CN1c2c(CC3CCN(c4ccc(CN5CCC(n6cc(NC(=O)c7cnn8ccc(N9C[C@H]%10C[C@@H]9CO%10)nc78)c(C(F)F)n6)CC5)cc4)CC3)cccc2N(C2CCC(=O)NC2=O)C1O. The third-order valence-corrected chi connectivity index (χ3v) is 14.6. The summed E-state index contributed by atoms with van der Waals surface area (Å²) < 4.78 is 37.5. The number of nitrogens with zero attached hydrogens (tertiary/aromatic N) is 10. The lowest BCUT2D eigenvalue weighted by atomic mass is 9.89. The second kappa shape index (κ2) is 17.2. The minimum absolute atomic E-state index is 0.0146. The number of imide groups is 1. The smallest absolute Gasteiger partial charge is 0.284 e. The van der Waals surface area contributed by atoms with E-state index < -0.39 is 30.4 Å². The fourth-order valence-corrected chi connectivity index (χ4v) is 11.1. The number of alkyl halides is 2. The van der Waals surface area contributed by atoms with Gasteiger partial charge in [0.1, 0.15) is 17.4 Å². The molecule has 4 atom stereocenters. The Hall–Kier alpha value is -6.18. The lowest BCUT2D eigenvalue weighted by molar-refractivity contribution is -0.134. The van der Waals surface area contributed by atoms with Crippen LogP contribution >= 0.6 is 0 Å². The number of halogens is 2. The van der Waals surface area contributed by atoms with Gasteiger partial charge in [0.25, 0.3) is 12.3 Å². The predicted octanol–water partition coefficient (Wildman–Crippen LogP) is 4.73. The molecule has 3 amide bonds. The average Bonchev–Trinajstić information content (AvgIpc) is 4.18. The van der Waals surface area contributed by atoms with Gasteiger partial charge in [-0.2, -0.15) is 10.2 Å². The minimum atomic E-state index is -2.87. The van der Waals surface area contributed by atoms with Gasteiger partial charge in [-0.3, -0.25) is 29.3 Å². The number of aliphatic hydroxyl groups excluding tert-OH is 1. The normalized spacial score (nSPS) is 24.0. The summed E-state index contributed by atoms with van der Waals surface area (Å²) in [5.74, 6) is -0.0143. The summed E-state index contributed by atoms with van der Waals surface area (Å²) in [6.45, 7) is 5.60. The van der Waals surface area contributed by atoms with Gasteiger partial charge in [-0.15, -0.1) is 0 Å². The molecule has 2 bridgehead atoms. The zero-order chi connectivity index (χ0) is 45.2. The van der Waals surface area contributed by atoms with Crippen LogP contribution in [0.25, 0.3) is 5.65 Å². The molecule has 3 N–H and O–H groups in total. The number of piperidine rings is 3. The number of aliphatic hydroxyl groups is 1. The quantitative estimate of drug-likeness (QED) is 0.156. The number of hydrogen-bond donors (Lipinski definition) is 3. The zero-order valence-corrected chi connectivity index (χ0v) is 36.8. The van der Waals surface area contributed by atoms with Crippen LogP contribution in [0, 0.1) is 5.92 Å². The summed E-state index contributed by atoms with van der Waals surface area (Å²) in [6, 6.07) is 16.3. The number of hydrogen-bond acceptors (Lipinski definition) is 13. The van der Waals surface area contributed by atoms with Crippen LogP contribution < -0.4 is 30.2 Å². The fourth-order valence-electron chi connectivity index (χ4n) is 11.1. The molecule has 6 aliphatic rings. The molecule has 5 aromatic rings. The molecule has 5 saturated heterocycles. The standard InChI is InChI=1S/C47H54F2N12O5/c1-55-42-30(3-2-4-37(42)61(47(55)65)38-9-10-40(62)53-46(38)64)21-28-11-18-57(19-12-28)31-7-5-29(6-8-31)24-56-16-13-32(14-17-56)60-26-36(41(54-60)43(48)49)51-45(63)35-23-50-59-20-15-39(52-44(35)59)58-25-34-22-33(58)27-66-34/h2-8,15,20,23,26,28,32-34,38,43,47,65H,9-14,16-19,21-22,24-25,27H2,1H3,(H,51,63)(H,53,62,64)/t33-,34-,38?,47?/m1/s1. The Morgan fingerprint density at radius 3 is 2.53 bits per heavy atom. The second-order valence-corrected chi connectivity index (χ2v) is 18.7. The number of ether oxygens (including phenoxy) is 1. The van der Waals surface area contributed by atoms with Gasteiger partial charge >= 0.3 is 0 Å². The molecule has 2 unspecified atom stereocenters. The molecule has 5 fully saturated rings. The molecule has 0 saturated carbocycles. The number of carbonyl (C=O) groups is 3. The number of benzene rings is 2. The van der Waals surface area contributed by atoms with Crippen molar-refractivity contribution in [3.8, 4) is 0 Å². The number of carbonyl (C=O) groups excluding carboxylic acids is 3. The number of likely N-dealkylation sites (tertiary alicyclic amines) is 1. The summed E-state index contributed by atoms with van der Waals surface area (Å²) >= 11 is 0. The first-order chi connectivity index (χ1) is 32.0. The number of para-hydroxylation sites is 1. The number of anilines is 5. The number of aromatic nitrogens is 5. The molecule has 6 aliphatic heterocycles. The van der Waals surface area contributed by atoms with E-state index in [0.29, 0.717) is 24.6 Å². The Morgan fingerprint density at radius 2 is 1.80 bits per heavy atom. The van der Waals surface area contributed by atoms with Crippen LogP contribution in [-0.4, -0.2) is 123 Å². The molecular formula is C47H54F2N12O5. The first kappa shape index (κ1) is 42.5. The molecule has 0 aliphatic carbocycles. The molecule has 3 aromatic heterocycles. The van der Waals surface area contributed by atoms with Crippen molar-refractivity contribution in [1.82, 2.24) is 34.6 Å². The first-order valence-electron chi connectivity index (χ1n) is 23.2. The summed E-state index contributed by atoms with van der Waals surface area (Å²) in [4.78, 5) is 53.5. The Morgan fingerprint density at radius 1 is 1.00 bits per heavy atom. The molecule has 9 heterocycles. The van der Waals surface area contributed by atoms with E-state index in [4.69, 9.17) is 9.72 Å². The van der Waals surface area contributed by atoms with Crippen LogP contribution in [0.5, 0.6) is 0 Å². The van der Waals surface area contributed by atoms with Crippen molar-refractivity contribution in [2.75, 3.05) is 71.3 Å². The third kappa shape index (κ3) is 7.89. The lowest BCUT2D eigenvalue weighted by Gasteiger charge is -2.34. The van der Waals surface area contributed by atoms with E-state index in [1.165, 1.54) is 28.2 Å². The molecule has 19 heteroatoms. The molecule has 346 valence electrons. The van der Waals surface area contributed by atoms with Crippen molar-refractivity contribution in [3.05, 3.63) is 89.5 Å². The van der Waals surface area contributed by atoms with Crippen molar-refractivity contribution in [1.29, 1.82) is 0 Å². The van der Waals surface area contributed by atoms with E-state index in [1.54, 1.807) is 15.8 Å². The number of amides is 3. The summed E-state index contributed by atoms with van der Waals surface area (Å²) in [6.07, 6.45) is 6.98. The minimum Gasteiger partial charge on any atom is -0.374 e. The van der Waals surface area contributed by atoms with Crippen molar-refractivity contribution in [2.45, 2.75) is 94.9 Å². The van der Waals surface area contributed by atoms with Crippen LogP contribution in [0.15, 0.2) is 67.1 Å². The third-order valence-electron chi connectivity index (χ3n) is 14.6. The molecule has 2 aromatic carbocycles. The van der Waals surface area contributed by atoms with Crippen molar-refractivity contribution in [3.63, 3.8) is 0 Å². The average molecular weight is 905 g/mol. The van der Waals surface area contributed by atoms with Gasteiger partial charge in [-0.1, -0.05) is 24.3 Å². The maximum absolute atomic E-state index is 14.3. The van der Waals surface area contributed by atoms with Crippen LogP contribution in [0.4, 0.5) is 37.3 Å². The number of rotatable bonds is 11. The first-order valence-corrected chi connectivity index (χ1v) is 23.2. The molecule has 0 spiro atoms. The van der Waals surface area contributed by atoms with Gasteiger partial charge in [0, 0.05) is 70.8 Å². The molecular weight excluding hydrogens is 851 g/mol. The lowest BCUT2D eigenvalue weighted by Crippen LogP contribution is -2.56. The van der Waals surface area contributed by atoms with Crippen LogP contribution in [0.3, 0.4) is 0 Å². The molecule has 11 rings (SSSR count). The number of morpholine rings is 1. The Bertz CT molecular complexity index is 2640. The van der Waals surface area contributed by atoms with E-state index in [-0.39, 0.29) is 47.7 Å². The Balaban J connectivity index is 0.670. The van der Waals surface area contributed by atoms with Gasteiger partial charge in [0.05, 0.1) is 48.1 Å². The van der Waals surface area contributed by atoms with Crippen molar-refractivity contribution < 1.29 is 33.0 Å². The van der Waals surface area contributed by atoms with Gasteiger partial charge in [0.15, 0.2) is 11.3 Å². The van der Waals surface area contributed by atoms with Gasteiger partial charge < -0.3 is 34.8 Å². The van der Waals surface area contributed by atoms with Crippen LogP contribution in [0.1, 0.15) is 84.6 Å². The Kier molecular flexibility index (Phi) is 11.1. The number of fused-ring (bicyclic) bond motifs is 4. The monoisotopic (exact) mass is 904 g/mol. The highest BCUT2D eigenvalue weighted by atomic mass is 19.3. The molecule has 0 radical (unpaired) electrons. The van der Waals surface area contributed by atoms with Crippen LogP contribution in [0.2, 0.25) is 0 Å². The maximum atomic E-state index is 14.3. The largest absolute Gasteiger partial charge is 0.374 e. The maximum Gasteiger partial charge on any atom is 0.284 e. The van der Waals surface area contributed by atoms with Gasteiger partial charge in [-0.05, 0) is 86.3 Å². The Labute approximate surface area is 380 Å². The van der Waals surface area contributed by atoms with E-state index in [1.807, 2.05) is 30.1 Å². The highest BCUT2D eigenvalue weighted by Gasteiger charge is 2.43. The van der Waals surface area contributed by atoms with E-state index >= 15 is 0 Å². The van der Waals surface area contributed by atoms with Crippen molar-refractivity contribution in [2.24, 2.45) is 5.92 Å². The fraction of sp³-hybridized carbons (Fsp3) is 0.489.